The van der Waals surface area contributed by atoms with Crippen molar-refractivity contribution >= 4 is 27.4 Å². The summed E-state index contributed by atoms with van der Waals surface area (Å²) in [5.41, 5.74) is 4.24. The molecule has 5 rings (SSSR count). The quantitative estimate of drug-likeness (QED) is 0.120. The van der Waals surface area contributed by atoms with Crippen molar-refractivity contribution in [1.29, 1.82) is 0 Å². The fraction of sp³-hybridized carbons (Fsp3) is 0.205. The van der Waals surface area contributed by atoms with Crippen molar-refractivity contribution < 1.29 is 27.8 Å². The van der Waals surface area contributed by atoms with Gasteiger partial charge in [-0.15, -0.1) is 0 Å². The molecule has 5 aromatic rings. The number of carbonyl (C=O) groups excluding carboxylic acids is 1. The van der Waals surface area contributed by atoms with E-state index in [1.54, 1.807) is 49.4 Å². The maximum absolute atomic E-state index is 14.1. The predicted molar refractivity (Wildman–Crippen MR) is 187 cm³/mol. The van der Waals surface area contributed by atoms with Gasteiger partial charge < -0.3 is 14.6 Å². The highest BCUT2D eigenvalue weighted by atomic mass is 35.5. The lowest BCUT2D eigenvalue weighted by atomic mass is 10.1. The Kier molecular flexibility index (Phi) is 11.7. The molecule has 1 N–H and O–H groups in total. The summed E-state index contributed by atoms with van der Waals surface area (Å²) in [6, 6.07) is 36.4. The molecule has 48 heavy (non-hydrogen) atoms. The highest BCUT2D eigenvalue weighted by Gasteiger charge is 2.28. The molecule has 0 amide bonds. The Balaban J connectivity index is 1.37. The van der Waals surface area contributed by atoms with E-state index in [0.717, 1.165) is 22.3 Å². The molecular formula is C39H38ClNO6S. The number of carbonyl (C=O) groups is 1. The van der Waals surface area contributed by atoms with Crippen molar-refractivity contribution in [3.63, 3.8) is 0 Å². The van der Waals surface area contributed by atoms with Gasteiger partial charge in [-0.2, -0.15) is 0 Å². The first-order valence-electron chi connectivity index (χ1n) is 15.6. The average molecular weight is 684 g/mol. The normalized spacial score (nSPS) is 12.1. The molecule has 9 heteroatoms. The van der Waals surface area contributed by atoms with Crippen LogP contribution in [-0.2, 0) is 34.1 Å². The van der Waals surface area contributed by atoms with Crippen LogP contribution in [0.15, 0.2) is 131 Å². The van der Waals surface area contributed by atoms with E-state index in [4.69, 9.17) is 21.1 Å². The first-order chi connectivity index (χ1) is 23.1. The number of benzene rings is 5. The number of esters is 1. The first kappa shape index (κ1) is 34.9. The minimum atomic E-state index is -4.09. The van der Waals surface area contributed by atoms with Crippen molar-refractivity contribution in [2.45, 2.75) is 42.4 Å². The van der Waals surface area contributed by atoms with Gasteiger partial charge in [0.05, 0.1) is 18.1 Å². The SMILES string of the molecule is COC(=O)c1cc(C)cc(S(=O)(=O)c2ccc(CCN(Cc3ccccc3)C[C@H](O)c3cccc(Cl)c3)cc2)c1OCc1ccccc1. The van der Waals surface area contributed by atoms with Gasteiger partial charge in [-0.05, 0) is 77.6 Å². The van der Waals surface area contributed by atoms with Gasteiger partial charge in [-0.1, -0.05) is 96.5 Å². The predicted octanol–water partition coefficient (Wildman–Crippen LogP) is 7.63. The third-order valence-electron chi connectivity index (χ3n) is 7.98. The maximum Gasteiger partial charge on any atom is 0.341 e. The van der Waals surface area contributed by atoms with Crippen LogP contribution in [0.5, 0.6) is 5.75 Å². The number of hydrogen-bond acceptors (Lipinski definition) is 7. The molecule has 0 spiro atoms. The van der Waals surface area contributed by atoms with Crippen LogP contribution in [0.1, 0.15) is 44.3 Å². The molecule has 5 aromatic carbocycles. The first-order valence-corrected chi connectivity index (χ1v) is 17.4. The number of aliphatic hydroxyl groups excluding tert-OH is 1. The molecule has 0 bridgehead atoms. The fourth-order valence-corrected chi connectivity index (χ4v) is 7.17. The number of aliphatic hydroxyl groups is 1. The van der Waals surface area contributed by atoms with Gasteiger partial charge in [0.15, 0.2) is 5.75 Å². The largest absolute Gasteiger partial charge is 0.487 e. The van der Waals surface area contributed by atoms with E-state index < -0.39 is 21.9 Å². The molecule has 0 radical (unpaired) electrons. The molecule has 0 aromatic heterocycles. The van der Waals surface area contributed by atoms with E-state index in [1.165, 1.54) is 13.2 Å². The fourth-order valence-electron chi connectivity index (χ4n) is 5.47. The standard InChI is InChI=1S/C39H38ClNO6S/c1-28-22-35(39(43)46-2)38(47-27-31-12-7-4-8-13-31)37(23-28)48(44,45)34-18-16-29(17-19-34)20-21-41(25-30-10-5-3-6-11-30)26-36(42)32-14-9-15-33(40)24-32/h3-19,22-24,36,42H,20-21,25-27H2,1-2H3/t36-/m0/s1. The highest BCUT2D eigenvalue weighted by Crippen LogP contribution is 2.35. The number of sulfone groups is 1. The van der Waals surface area contributed by atoms with Crippen molar-refractivity contribution in [3.8, 4) is 5.75 Å². The molecule has 1 atom stereocenters. The van der Waals surface area contributed by atoms with Crippen LogP contribution in [-0.4, -0.2) is 44.6 Å². The highest BCUT2D eigenvalue weighted by molar-refractivity contribution is 7.91. The van der Waals surface area contributed by atoms with Gasteiger partial charge in [0, 0.05) is 24.7 Å². The van der Waals surface area contributed by atoms with E-state index in [0.29, 0.717) is 36.6 Å². The summed E-state index contributed by atoms with van der Waals surface area (Å²) in [5, 5.41) is 11.6. The summed E-state index contributed by atoms with van der Waals surface area (Å²) in [6.07, 6.45) is -0.111. The lowest BCUT2D eigenvalue weighted by Gasteiger charge is -2.25. The van der Waals surface area contributed by atoms with Crippen LogP contribution in [0.3, 0.4) is 0 Å². The van der Waals surface area contributed by atoms with Crippen LogP contribution in [0.25, 0.3) is 0 Å². The molecule has 0 unspecified atom stereocenters. The van der Waals surface area contributed by atoms with Gasteiger partial charge in [0.1, 0.15) is 17.1 Å². The summed E-state index contributed by atoms with van der Waals surface area (Å²) in [5.74, 6) is -0.732. The maximum atomic E-state index is 14.1. The molecular weight excluding hydrogens is 646 g/mol. The van der Waals surface area contributed by atoms with Crippen LogP contribution in [0.4, 0.5) is 0 Å². The van der Waals surface area contributed by atoms with E-state index in [-0.39, 0.29) is 27.7 Å². The van der Waals surface area contributed by atoms with Gasteiger partial charge in [0.2, 0.25) is 9.84 Å². The number of aryl methyl sites for hydroxylation is 1. The average Bonchev–Trinajstić information content (AvgIpc) is 3.10. The van der Waals surface area contributed by atoms with Gasteiger partial charge in [-0.3, -0.25) is 4.90 Å². The summed E-state index contributed by atoms with van der Waals surface area (Å²) in [4.78, 5) is 14.9. The summed E-state index contributed by atoms with van der Waals surface area (Å²) < 4.78 is 39.1. The second-order valence-electron chi connectivity index (χ2n) is 11.6. The zero-order chi connectivity index (χ0) is 34.1. The zero-order valence-electron chi connectivity index (χ0n) is 26.9. The number of nitrogens with zero attached hydrogens (tertiary/aromatic N) is 1. The minimum absolute atomic E-state index is 0.0436. The lowest BCUT2D eigenvalue weighted by molar-refractivity contribution is 0.0594. The number of ether oxygens (including phenoxy) is 2. The van der Waals surface area contributed by atoms with E-state index >= 15 is 0 Å². The van der Waals surface area contributed by atoms with Crippen molar-refractivity contribution in [1.82, 2.24) is 4.90 Å². The Labute approximate surface area is 287 Å². The van der Waals surface area contributed by atoms with Crippen LogP contribution in [0.2, 0.25) is 5.02 Å². The van der Waals surface area contributed by atoms with Gasteiger partial charge in [-0.25, -0.2) is 13.2 Å². The molecule has 0 aliphatic carbocycles. The molecule has 0 heterocycles. The smallest absolute Gasteiger partial charge is 0.341 e. The van der Waals surface area contributed by atoms with Crippen LogP contribution >= 0.6 is 11.6 Å². The third-order valence-corrected chi connectivity index (χ3v) is 9.99. The second-order valence-corrected chi connectivity index (χ2v) is 13.9. The number of rotatable bonds is 14. The molecule has 0 fully saturated rings. The van der Waals surface area contributed by atoms with Crippen molar-refractivity contribution in [3.05, 3.63) is 160 Å². The zero-order valence-corrected chi connectivity index (χ0v) is 28.5. The number of hydrogen-bond donors (Lipinski definition) is 1. The van der Waals surface area contributed by atoms with Crippen molar-refractivity contribution in [2.24, 2.45) is 0 Å². The second kappa shape index (κ2) is 16.1. The molecule has 0 aliphatic rings. The Morgan fingerprint density at radius 1 is 0.833 bits per heavy atom. The summed E-state index contributed by atoms with van der Waals surface area (Å²) >= 11 is 6.17. The van der Waals surface area contributed by atoms with Crippen LogP contribution < -0.4 is 4.74 Å². The number of halogens is 1. The summed E-state index contributed by atoms with van der Waals surface area (Å²) in [6.45, 7) is 3.44. The monoisotopic (exact) mass is 683 g/mol. The molecule has 0 saturated heterocycles. The third kappa shape index (κ3) is 8.90. The number of methoxy groups -OCH3 is 1. The molecule has 0 aliphatic heterocycles. The minimum Gasteiger partial charge on any atom is -0.487 e. The molecule has 0 saturated carbocycles. The van der Waals surface area contributed by atoms with E-state index in [9.17, 15) is 18.3 Å². The Bertz CT molecular complexity index is 1930. The Hall–Kier alpha value is -4.47. The van der Waals surface area contributed by atoms with Gasteiger partial charge >= 0.3 is 5.97 Å². The Morgan fingerprint density at radius 2 is 1.50 bits per heavy atom. The van der Waals surface area contributed by atoms with E-state index in [2.05, 4.69) is 4.90 Å². The molecule has 7 nitrogen and oxygen atoms in total. The summed E-state index contributed by atoms with van der Waals surface area (Å²) in [7, 11) is -2.84. The van der Waals surface area contributed by atoms with Gasteiger partial charge in [0.25, 0.3) is 0 Å². The van der Waals surface area contributed by atoms with Crippen molar-refractivity contribution in [2.75, 3.05) is 20.2 Å². The molecule has 248 valence electrons. The van der Waals surface area contributed by atoms with Crippen LogP contribution in [0, 0.1) is 6.92 Å². The lowest BCUT2D eigenvalue weighted by Crippen LogP contribution is -2.30. The topological polar surface area (TPSA) is 93.1 Å². The van der Waals surface area contributed by atoms with E-state index in [1.807, 2.05) is 72.8 Å². The Morgan fingerprint density at radius 3 is 2.15 bits per heavy atom.